The van der Waals surface area contributed by atoms with E-state index in [4.69, 9.17) is 15.2 Å². The number of allylic oxidation sites excluding steroid dienone is 4. The van der Waals surface area contributed by atoms with Gasteiger partial charge in [0.2, 0.25) is 0 Å². The molecule has 1 rings (SSSR count). The molecule has 0 saturated heterocycles. The van der Waals surface area contributed by atoms with Gasteiger partial charge in [-0.3, -0.25) is 0 Å². The lowest BCUT2D eigenvalue weighted by Gasteiger charge is -2.28. The molecule has 0 aliphatic heterocycles. The van der Waals surface area contributed by atoms with Crippen LogP contribution in [0.15, 0.2) is 46.2 Å². The molecule has 0 amide bonds. The molecule has 178 valence electrons. The highest BCUT2D eigenvalue weighted by Gasteiger charge is 2.20. The van der Waals surface area contributed by atoms with Gasteiger partial charge in [-0.05, 0) is 45.5 Å². The number of nitrogens with two attached hydrogens (primary N) is 1. The summed E-state index contributed by atoms with van der Waals surface area (Å²) < 4.78 is 11.5. The Balaban J connectivity index is 3.03. The number of rotatable bonds is 15. The fourth-order valence-corrected chi connectivity index (χ4v) is 3.87. The van der Waals surface area contributed by atoms with Crippen molar-refractivity contribution in [2.75, 3.05) is 53.3 Å². The third-order valence-electron chi connectivity index (χ3n) is 4.57. The number of nitrogens with one attached hydrogen (secondary N) is 2. The van der Waals surface area contributed by atoms with Gasteiger partial charge in [0.15, 0.2) is 6.29 Å². The molecule has 6 N–H and O–H groups in total. The highest BCUT2D eigenvalue weighted by atomic mass is 32.2. The van der Waals surface area contributed by atoms with Crippen molar-refractivity contribution in [3.05, 3.63) is 46.2 Å². The van der Waals surface area contributed by atoms with Gasteiger partial charge in [-0.15, -0.1) is 11.8 Å². The second kappa shape index (κ2) is 16.3. The van der Waals surface area contributed by atoms with Crippen LogP contribution < -0.4 is 16.4 Å². The lowest BCUT2D eigenvalue weighted by molar-refractivity contribution is -0.0978. The van der Waals surface area contributed by atoms with E-state index in [9.17, 15) is 10.2 Å². The Kier molecular flexibility index (Phi) is 14.6. The van der Waals surface area contributed by atoms with Crippen LogP contribution in [0.25, 0.3) is 0 Å². The Morgan fingerprint density at radius 1 is 1.23 bits per heavy atom. The van der Waals surface area contributed by atoms with Crippen molar-refractivity contribution in [3.8, 4) is 0 Å². The minimum atomic E-state index is -0.989. The number of hydrogen-bond donors (Lipinski definition) is 5. The van der Waals surface area contributed by atoms with Crippen LogP contribution in [-0.4, -0.2) is 81.0 Å². The summed E-state index contributed by atoms with van der Waals surface area (Å²) in [7, 11) is 5.73. The molecule has 0 radical (unpaired) electrons. The van der Waals surface area contributed by atoms with E-state index in [1.54, 1.807) is 18.8 Å². The summed E-state index contributed by atoms with van der Waals surface area (Å²) in [5.74, 6) is 1.53. The van der Waals surface area contributed by atoms with Crippen LogP contribution in [-0.2, 0) is 9.47 Å². The van der Waals surface area contributed by atoms with Gasteiger partial charge in [-0.25, -0.2) is 0 Å². The minimum absolute atomic E-state index is 0.386. The van der Waals surface area contributed by atoms with Crippen LogP contribution in [0.3, 0.4) is 0 Å². The fourth-order valence-electron chi connectivity index (χ4n) is 2.95. The minimum Gasteiger partial charge on any atom is -0.492 e. The fraction of sp³-hybridized carbons (Fsp3) is 0.636. The lowest BCUT2D eigenvalue weighted by Crippen LogP contribution is -2.27. The molecule has 9 heteroatoms. The molecule has 8 nitrogen and oxygen atoms in total. The van der Waals surface area contributed by atoms with Crippen LogP contribution in [0.1, 0.15) is 26.2 Å². The van der Waals surface area contributed by atoms with E-state index in [-0.39, 0.29) is 0 Å². The molecule has 0 saturated carbocycles. The molecule has 0 fully saturated rings. The standard InChI is InChI=1S/C22H40N4O4S/c1-5-6-12-26(4)21-18(29-13-7-14-30-20(27)15-24-2)10-8-17(22(23)28)9-11-19(21)31-16-25-3/h5-6,9-10,20,22,24-25,27-28H,7-8,11-16,23H2,1-4H3/b6-5+,17-9+,18-10?,21-19-. The Morgan fingerprint density at radius 2 is 2.00 bits per heavy atom. The molecule has 0 aromatic heterocycles. The van der Waals surface area contributed by atoms with E-state index in [2.05, 4.69) is 21.6 Å². The van der Waals surface area contributed by atoms with Crippen molar-refractivity contribution in [1.82, 2.24) is 15.5 Å². The Hall–Kier alpha value is -1.33. The average molecular weight is 457 g/mol. The Morgan fingerprint density at radius 3 is 2.65 bits per heavy atom. The van der Waals surface area contributed by atoms with E-state index in [1.165, 1.54) is 0 Å². The molecule has 0 bridgehead atoms. The second-order valence-electron chi connectivity index (χ2n) is 7.15. The maximum absolute atomic E-state index is 9.91. The predicted octanol–water partition coefficient (Wildman–Crippen LogP) is 1.46. The normalized spacial score (nSPS) is 21.1. The van der Waals surface area contributed by atoms with E-state index in [0.29, 0.717) is 39.0 Å². The van der Waals surface area contributed by atoms with Gasteiger partial charge in [-0.1, -0.05) is 18.2 Å². The first-order chi connectivity index (χ1) is 14.9. The lowest BCUT2D eigenvalue weighted by atomic mass is 10.0. The maximum Gasteiger partial charge on any atom is 0.167 e. The van der Waals surface area contributed by atoms with Crippen LogP contribution >= 0.6 is 11.8 Å². The van der Waals surface area contributed by atoms with Gasteiger partial charge in [0.25, 0.3) is 0 Å². The summed E-state index contributed by atoms with van der Waals surface area (Å²) in [5.41, 5.74) is 7.56. The zero-order valence-corrected chi connectivity index (χ0v) is 20.1. The molecule has 0 spiro atoms. The van der Waals surface area contributed by atoms with Gasteiger partial charge in [0, 0.05) is 37.3 Å². The first-order valence-corrected chi connectivity index (χ1v) is 11.7. The van der Waals surface area contributed by atoms with Crippen LogP contribution in [0.4, 0.5) is 0 Å². The summed E-state index contributed by atoms with van der Waals surface area (Å²) in [5, 5.41) is 25.6. The van der Waals surface area contributed by atoms with E-state index >= 15 is 0 Å². The Labute approximate surface area is 191 Å². The van der Waals surface area contributed by atoms with Crippen molar-refractivity contribution >= 4 is 11.8 Å². The topological polar surface area (TPSA) is 112 Å². The number of likely N-dealkylation sites (N-methyl/N-ethyl adjacent to an activating group) is 2. The van der Waals surface area contributed by atoms with Crippen molar-refractivity contribution in [2.24, 2.45) is 5.73 Å². The number of hydrogen-bond acceptors (Lipinski definition) is 9. The molecular formula is C22H40N4O4S. The molecule has 0 heterocycles. The largest absolute Gasteiger partial charge is 0.492 e. The van der Waals surface area contributed by atoms with E-state index in [1.807, 2.05) is 39.2 Å². The van der Waals surface area contributed by atoms with Gasteiger partial charge >= 0.3 is 0 Å². The number of aliphatic hydroxyl groups excluding tert-OH is 2. The van der Waals surface area contributed by atoms with Gasteiger partial charge in [0.05, 0.1) is 18.9 Å². The van der Waals surface area contributed by atoms with Gasteiger partial charge in [-0.2, -0.15) is 0 Å². The van der Waals surface area contributed by atoms with Crippen molar-refractivity contribution in [1.29, 1.82) is 0 Å². The van der Waals surface area contributed by atoms with Crippen LogP contribution in [0.2, 0.25) is 0 Å². The third-order valence-corrected chi connectivity index (χ3v) is 5.71. The number of ether oxygens (including phenoxy) is 2. The molecule has 2 unspecified atom stereocenters. The average Bonchev–Trinajstić information content (AvgIpc) is 2.72. The maximum atomic E-state index is 9.91. The first kappa shape index (κ1) is 27.7. The smallest absolute Gasteiger partial charge is 0.167 e. The van der Waals surface area contributed by atoms with Crippen molar-refractivity contribution in [2.45, 2.75) is 38.7 Å². The molecule has 0 aromatic rings. The Bertz CT molecular complexity index is 635. The van der Waals surface area contributed by atoms with E-state index < -0.39 is 12.5 Å². The number of nitrogens with zero attached hydrogens (tertiary/aromatic N) is 1. The van der Waals surface area contributed by atoms with Gasteiger partial charge in [0.1, 0.15) is 12.0 Å². The van der Waals surface area contributed by atoms with Crippen molar-refractivity contribution in [3.63, 3.8) is 0 Å². The zero-order chi connectivity index (χ0) is 23.1. The zero-order valence-electron chi connectivity index (χ0n) is 19.3. The van der Waals surface area contributed by atoms with Crippen LogP contribution in [0.5, 0.6) is 0 Å². The molecule has 1 aliphatic carbocycles. The highest BCUT2D eigenvalue weighted by Crippen LogP contribution is 2.33. The summed E-state index contributed by atoms with van der Waals surface area (Å²) in [4.78, 5) is 3.32. The molecule has 1 aliphatic rings. The SMILES string of the molecule is C/C=C/CN(C)/C1=C(\SCNC)C/C=C(/C(N)O)CC=C1OCCCOC(O)CNC. The van der Waals surface area contributed by atoms with Crippen molar-refractivity contribution < 1.29 is 19.7 Å². The second-order valence-corrected chi connectivity index (χ2v) is 8.22. The molecule has 31 heavy (non-hydrogen) atoms. The molecule has 0 aromatic carbocycles. The van der Waals surface area contributed by atoms with Crippen LogP contribution in [0, 0.1) is 0 Å². The monoisotopic (exact) mass is 456 g/mol. The first-order valence-electron chi connectivity index (χ1n) is 10.7. The molecular weight excluding hydrogens is 416 g/mol. The molecule has 2 atom stereocenters. The summed E-state index contributed by atoms with van der Waals surface area (Å²) in [6.45, 7) is 4.00. The van der Waals surface area contributed by atoms with E-state index in [0.717, 1.165) is 34.4 Å². The predicted molar refractivity (Wildman–Crippen MR) is 128 cm³/mol. The van der Waals surface area contributed by atoms with Gasteiger partial charge < -0.3 is 41.0 Å². The highest BCUT2D eigenvalue weighted by molar-refractivity contribution is 8.03. The number of aliphatic hydroxyl groups is 2. The summed E-state index contributed by atoms with van der Waals surface area (Å²) in [6, 6.07) is 0. The summed E-state index contributed by atoms with van der Waals surface area (Å²) >= 11 is 1.71. The summed E-state index contributed by atoms with van der Waals surface area (Å²) in [6.07, 6.45) is 8.16. The third kappa shape index (κ3) is 10.7. The quantitative estimate of drug-likeness (QED) is 0.142. The number of thioether (sulfide) groups is 1.